The van der Waals surface area contributed by atoms with Gasteiger partial charge in [-0.3, -0.25) is 0 Å². The van der Waals surface area contributed by atoms with E-state index in [1.54, 1.807) is 6.07 Å². The normalized spacial score (nSPS) is 10.4. The first-order chi connectivity index (χ1) is 8.58. The van der Waals surface area contributed by atoms with E-state index in [0.717, 1.165) is 13.7 Å². The molecule has 0 atom stereocenters. The number of nitrogens with two attached hydrogens (primary N) is 1. The molecule has 1 aromatic heterocycles. The van der Waals surface area contributed by atoms with Gasteiger partial charge in [0.1, 0.15) is 11.6 Å². The number of halogens is 2. The van der Waals surface area contributed by atoms with Crippen molar-refractivity contribution in [1.82, 2.24) is 9.97 Å². The van der Waals surface area contributed by atoms with Crippen molar-refractivity contribution in [1.29, 1.82) is 0 Å². The molecule has 1 heterocycles. The first-order valence-corrected chi connectivity index (χ1v) is 8.09. The number of benzene rings is 1. The number of rotatable bonds is 3. The Morgan fingerprint density at radius 1 is 1.33 bits per heavy atom. The second-order valence-electron chi connectivity index (χ2n) is 3.42. The van der Waals surface area contributed by atoms with E-state index in [9.17, 15) is 0 Å². The summed E-state index contributed by atoms with van der Waals surface area (Å²) < 4.78 is 2.20. The molecule has 2 rings (SSSR count). The Morgan fingerprint density at radius 3 is 2.78 bits per heavy atom. The number of anilines is 3. The van der Waals surface area contributed by atoms with E-state index in [1.807, 2.05) is 24.5 Å². The lowest BCUT2D eigenvalue weighted by Gasteiger charge is -2.08. The van der Waals surface area contributed by atoms with Crippen LogP contribution in [0.15, 0.2) is 33.9 Å². The number of thioether (sulfide) groups is 1. The van der Waals surface area contributed by atoms with Crippen LogP contribution in [0.5, 0.6) is 0 Å². The van der Waals surface area contributed by atoms with Gasteiger partial charge in [0.15, 0.2) is 5.16 Å². The van der Waals surface area contributed by atoms with Crippen molar-refractivity contribution in [3.63, 3.8) is 0 Å². The van der Waals surface area contributed by atoms with Crippen molar-refractivity contribution in [2.24, 2.45) is 0 Å². The van der Waals surface area contributed by atoms with Gasteiger partial charge in [-0.05, 0) is 63.0 Å². The first kappa shape index (κ1) is 13.9. The number of nitrogens with zero attached hydrogens (tertiary/aromatic N) is 2. The molecule has 0 amide bonds. The molecule has 0 saturated carbocycles. The smallest absolute Gasteiger partial charge is 0.191 e. The van der Waals surface area contributed by atoms with Crippen molar-refractivity contribution in [3.8, 4) is 0 Å². The third kappa shape index (κ3) is 3.48. The van der Waals surface area contributed by atoms with Crippen molar-refractivity contribution in [2.75, 3.05) is 17.3 Å². The van der Waals surface area contributed by atoms with Gasteiger partial charge in [-0.15, -0.1) is 0 Å². The van der Waals surface area contributed by atoms with Crippen LogP contribution in [0, 0.1) is 3.57 Å². The van der Waals surface area contributed by atoms with Crippen LogP contribution in [0.25, 0.3) is 0 Å². The number of aromatic nitrogens is 2. The van der Waals surface area contributed by atoms with E-state index in [-0.39, 0.29) is 0 Å². The molecule has 94 valence electrons. The summed E-state index contributed by atoms with van der Waals surface area (Å²) in [4.78, 5) is 8.45. The fraction of sp³-hybridized carbons (Fsp3) is 0.0909. The summed E-state index contributed by atoms with van der Waals surface area (Å²) >= 11 is 7.22. The highest BCUT2D eigenvalue weighted by Crippen LogP contribution is 2.25. The molecule has 0 saturated heterocycles. The molecule has 0 aliphatic heterocycles. The number of nitrogens with one attached hydrogen (secondary N) is 1. The van der Waals surface area contributed by atoms with E-state index in [4.69, 9.17) is 5.73 Å². The third-order valence-corrected chi connectivity index (χ3v) is 4.99. The van der Waals surface area contributed by atoms with Gasteiger partial charge < -0.3 is 11.1 Å². The molecule has 3 N–H and O–H groups in total. The lowest BCUT2D eigenvalue weighted by Crippen LogP contribution is -2.00. The largest absolute Gasteiger partial charge is 0.383 e. The van der Waals surface area contributed by atoms with Gasteiger partial charge in [-0.2, -0.15) is 0 Å². The molecule has 18 heavy (non-hydrogen) atoms. The quantitative estimate of drug-likeness (QED) is 0.434. The maximum Gasteiger partial charge on any atom is 0.191 e. The summed E-state index contributed by atoms with van der Waals surface area (Å²) in [6, 6.07) is 7.72. The molecule has 7 heteroatoms. The zero-order chi connectivity index (χ0) is 13.1. The van der Waals surface area contributed by atoms with Crippen molar-refractivity contribution in [3.05, 3.63) is 32.3 Å². The van der Waals surface area contributed by atoms with Gasteiger partial charge in [0, 0.05) is 19.8 Å². The fourth-order valence-corrected chi connectivity index (χ4v) is 2.42. The molecular formula is C11H10BrIN4S. The van der Waals surface area contributed by atoms with Crippen LogP contribution in [0.4, 0.5) is 17.3 Å². The van der Waals surface area contributed by atoms with Crippen LogP contribution in [-0.4, -0.2) is 16.2 Å². The van der Waals surface area contributed by atoms with Crippen molar-refractivity contribution in [2.45, 2.75) is 5.16 Å². The highest BCUT2D eigenvalue weighted by molar-refractivity contribution is 14.1. The summed E-state index contributed by atoms with van der Waals surface area (Å²) in [6.45, 7) is 0. The zero-order valence-corrected chi connectivity index (χ0v) is 14.0. The topological polar surface area (TPSA) is 63.8 Å². The summed E-state index contributed by atoms with van der Waals surface area (Å²) in [6.07, 6.45) is 1.92. The lowest BCUT2D eigenvalue weighted by atomic mass is 10.3. The minimum atomic E-state index is 0.460. The molecule has 0 aliphatic rings. The van der Waals surface area contributed by atoms with E-state index in [0.29, 0.717) is 16.8 Å². The summed E-state index contributed by atoms with van der Waals surface area (Å²) in [7, 11) is 0. The summed E-state index contributed by atoms with van der Waals surface area (Å²) in [5, 5.41) is 3.86. The van der Waals surface area contributed by atoms with Crippen molar-refractivity contribution < 1.29 is 0 Å². The number of nitrogen functional groups attached to an aromatic ring is 1. The van der Waals surface area contributed by atoms with Crippen LogP contribution in [-0.2, 0) is 0 Å². The fourth-order valence-electron chi connectivity index (χ4n) is 1.32. The minimum absolute atomic E-state index is 0.460. The van der Waals surface area contributed by atoms with Gasteiger partial charge in [-0.1, -0.05) is 11.8 Å². The zero-order valence-electron chi connectivity index (χ0n) is 9.45. The van der Waals surface area contributed by atoms with Crippen LogP contribution in [0.2, 0.25) is 0 Å². The predicted octanol–water partition coefficient (Wildman–Crippen LogP) is 3.89. The first-order valence-electron chi connectivity index (χ1n) is 4.99. The molecule has 0 spiro atoms. The van der Waals surface area contributed by atoms with Crippen molar-refractivity contribution >= 4 is 67.6 Å². The van der Waals surface area contributed by atoms with E-state index < -0.39 is 0 Å². The Balaban J connectivity index is 2.27. The SMILES string of the molecule is CSc1nc(N)cc(Nc2ccc(I)c(Br)c2)n1. The van der Waals surface area contributed by atoms with Crippen LogP contribution in [0.3, 0.4) is 0 Å². The van der Waals surface area contributed by atoms with Gasteiger partial charge in [0.25, 0.3) is 0 Å². The molecule has 0 unspecified atom stereocenters. The molecule has 0 fully saturated rings. The highest BCUT2D eigenvalue weighted by Gasteiger charge is 2.03. The maximum atomic E-state index is 5.73. The van der Waals surface area contributed by atoms with E-state index in [1.165, 1.54) is 11.8 Å². The maximum absolute atomic E-state index is 5.73. The van der Waals surface area contributed by atoms with Gasteiger partial charge >= 0.3 is 0 Å². The molecule has 1 aromatic carbocycles. The average Bonchev–Trinajstić information content (AvgIpc) is 2.33. The molecular weight excluding hydrogens is 427 g/mol. The van der Waals surface area contributed by atoms with Crippen LogP contribution >= 0.6 is 50.3 Å². The predicted molar refractivity (Wildman–Crippen MR) is 88.4 cm³/mol. The van der Waals surface area contributed by atoms with Gasteiger partial charge in [0.2, 0.25) is 0 Å². The minimum Gasteiger partial charge on any atom is -0.383 e. The van der Waals surface area contributed by atoms with Crippen LogP contribution in [0.1, 0.15) is 0 Å². The standard InChI is InChI=1S/C11H10BrIN4S/c1-18-11-16-9(14)5-10(17-11)15-6-2-3-8(13)7(12)4-6/h2-5H,1H3,(H3,14,15,16,17). The molecule has 0 aliphatic carbocycles. The Labute approximate surface area is 131 Å². The Hall–Kier alpha value is -0.540. The average molecular weight is 437 g/mol. The third-order valence-electron chi connectivity index (χ3n) is 2.10. The Kier molecular flexibility index (Phi) is 4.68. The molecule has 0 radical (unpaired) electrons. The summed E-state index contributed by atoms with van der Waals surface area (Å²) in [5.74, 6) is 1.15. The number of hydrogen-bond acceptors (Lipinski definition) is 5. The monoisotopic (exact) mass is 436 g/mol. The van der Waals surface area contributed by atoms with Gasteiger partial charge in [-0.25, -0.2) is 9.97 Å². The number of hydrogen-bond donors (Lipinski definition) is 2. The molecule has 2 aromatic rings. The molecule has 0 bridgehead atoms. The summed E-state index contributed by atoms with van der Waals surface area (Å²) in [5.41, 5.74) is 6.68. The second-order valence-corrected chi connectivity index (χ2v) is 6.21. The van der Waals surface area contributed by atoms with Gasteiger partial charge in [0.05, 0.1) is 0 Å². The van der Waals surface area contributed by atoms with E-state index >= 15 is 0 Å². The van der Waals surface area contributed by atoms with E-state index in [2.05, 4.69) is 53.8 Å². The van der Waals surface area contributed by atoms with Crippen LogP contribution < -0.4 is 11.1 Å². The lowest BCUT2D eigenvalue weighted by molar-refractivity contribution is 0.984. The molecule has 4 nitrogen and oxygen atoms in total. The highest BCUT2D eigenvalue weighted by atomic mass is 127. The second kappa shape index (κ2) is 6.07. The Morgan fingerprint density at radius 2 is 2.11 bits per heavy atom. The Bertz CT molecular complexity index is 579.